The van der Waals surface area contributed by atoms with Gasteiger partial charge in [-0.15, -0.1) is 0 Å². The van der Waals surface area contributed by atoms with Crippen LogP contribution in [0.15, 0.2) is 28.7 Å². The summed E-state index contributed by atoms with van der Waals surface area (Å²) in [5, 5.41) is 0.304. The van der Waals surface area contributed by atoms with Crippen molar-refractivity contribution in [3.8, 4) is 0 Å². The number of nitrogens with zero attached hydrogens (tertiary/aromatic N) is 2. The minimum Gasteiger partial charge on any atom is -0.451 e. The Morgan fingerprint density at radius 1 is 1.12 bits per heavy atom. The number of fused-ring (bicyclic) bond motifs is 1. The summed E-state index contributed by atoms with van der Waals surface area (Å²) >= 11 is 0. The minimum absolute atomic E-state index is 0.118. The first kappa shape index (κ1) is 17.4. The number of furan rings is 1. The van der Waals surface area contributed by atoms with Gasteiger partial charge in [-0.3, -0.25) is 4.79 Å². The van der Waals surface area contributed by atoms with Crippen molar-refractivity contribution in [1.82, 2.24) is 9.80 Å². The standard InChI is InChI=1S/C19H21F3N2O2/c20-19(21,22)14-5-6-16-13(10-14)11-17(26-16)18(25)24-9-3-4-15(24)12-23-7-1-2-8-23/h5-6,10-11,15H,1-4,7-9,12H2. The number of likely N-dealkylation sites (tertiary alicyclic amines) is 2. The Hall–Kier alpha value is -2.02. The Morgan fingerprint density at radius 2 is 1.88 bits per heavy atom. The van der Waals surface area contributed by atoms with Crippen LogP contribution in [0.4, 0.5) is 13.2 Å². The molecule has 26 heavy (non-hydrogen) atoms. The fourth-order valence-electron chi connectivity index (χ4n) is 4.02. The molecule has 2 aromatic rings. The molecule has 4 rings (SSSR count). The van der Waals surface area contributed by atoms with Gasteiger partial charge in [0.05, 0.1) is 5.56 Å². The lowest BCUT2D eigenvalue weighted by Crippen LogP contribution is -2.42. The number of hydrogen-bond acceptors (Lipinski definition) is 3. The highest BCUT2D eigenvalue weighted by atomic mass is 19.4. The molecule has 1 aromatic carbocycles. The number of carbonyl (C=O) groups excluding carboxylic acids is 1. The summed E-state index contributed by atoms with van der Waals surface area (Å²) in [7, 11) is 0. The third-order valence-corrected chi connectivity index (χ3v) is 5.36. The van der Waals surface area contributed by atoms with Crippen LogP contribution in [-0.4, -0.2) is 47.9 Å². The molecule has 2 fully saturated rings. The van der Waals surface area contributed by atoms with Crippen LogP contribution in [-0.2, 0) is 6.18 Å². The molecule has 0 saturated carbocycles. The molecule has 2 aliphatic heterocycles. The number of carbonyl (C=O) groups is 1. The largest absolute Gasteiger partial charge is 0.451 e. The van der Waals surface area contributed by atoms with Gasteiger partial charge in [-0.05, 0) is 63.0 Å². The van der Waals surface area contributed by atoms with Crippen molar-refractivity contribution in [1.29, 1.82) is 0 Å². The van der Waals surface area contributed by atoms with Gasteiger partial charge in [0.2, 0.25) is 0 Å². The van der Waals surface area contributed by atoms with E-state index in [4.69, 9.17) is 4.42 Å². The van der Waals surface area contributed by atoms with Crippen molar-refractivity contribution in [2.24, 2.45) is 0 Å². The van der Waals surface area contributed by atoms with Gasteiger partial charge in [0, 0.05) is 24.5 Å². The number of hydrogen-bond donors (Lipinski definition) is 0. The number of halogens is 3. The number of benzene rings is 1. The Kier molecular flexibility index (Phi) is 4.42. The molecule has 1 amide bonds. The van der Waals surface area contributed by atoms with E-state index >= 15 is 0 Å². The lowest BCUT2D eigenvalue weighted by Gasteiger charge is -2.27. The Bertz CT molecular complexity index is 809. The zero-order valence-corrected chi connectivity index (χ0v) is 14.4. The van der Waals surface area contributed by atoms with Crippen LogP contribution in [0, 0.1) is 0 Å². The minimum atomic E-state index is -4.41. The molecule has 1 unspecified atom stereocenters. The Morgan fingerprint density at radius 3 is 2.62 bits per heavy atom. The summed E-state index contributed by atoms with van der Waals surface area (Å²) in [6, 6.07) is 4.87. The maximum Gasteiger partial charge on any atom is 0.416 e. The maximum absolute atomic E-state index is 12.9. The lowest BCUT2D eigenvalue weighted by molar-refractivity contribution is -0.137. The van der Waals surface area contributed by atoms with E-state index in [9.17, 15) is 18.0 Å². The van der Waals surface area contributed by atoms with E-state index in [1.54, 1.807) is 0 Å². The molecule has 4 nitrogen and oxygen atoms in total. The first-order valence-electron chi connectivity index (χ1n) is 9.06. The van der Waals surface area contributed by atoms with E-state index in [0.29, 0.717) is 17.5 Å². The van der Waals surface area contributed by atoms with Crippen molar-refractivity contribution in [2.75, 3.05) is 26.2 Å². The van der Waals surface area contributed by atoms with Crippen LogP contribution >= 0.6 is 0 Å². The Labute approximate surface area is 149 Å². The van der Waals surface area contributed by atoms with Crippen LogP contribution < -0.4 is 0 Å². The van der Waals surface area contributed by atoms with Crippen LogP contribution in [0.5, 0.6) is 0 Å². The highest BCUT2D eigenvalue weighted by molar-refractivity contribution is 5.96. The summed E-state index contributed by atoms with van der Waals surface area (Å²) < 4.78 is 44.1. The molecule has 2 aliphatic rings. The topological polar surface area (TPSA) is 36.7 Å². The quantitative estimate of drug-likeness (QED) is 0.819. The molecule has 0 radical (unpaired) electrons. The lowest BCUT2D eigenvalue weighted by atomic mass is 10.1. The fraction of sp³-hybridized carbons (Fsp3) is 0.526. The van der Waals surface area contributed by atoms with Crippen LogP contribution in [0.3, 0.4) is 0 Å². The van der Waals surface area contributed by atoms with Crippen LogP contribution in [0.25, 0.3) is 11.0 Å². The van der Waals surface area contributed by atoms with Gasteiger partial charge in [-0.2, -0.15) is 13.2 Å². The van der Waals surface area contributed by atoms with Crippen molar-refractivity contribution in [3.63, 3.8) is 0 Å². The molecule has 140 valence electrons. The Balaban J connectivity index is 1.55. The molecular formula is C19H21F3N2O2. The maximum atomic E-state index is 12.9. The highest BCUT2D eigenvalue weighted by Crippen LogP contribution is 2.33. The van der Waals surface area contributed by atoms with Gasteiger partial charge in [-0.1, -0.05) is 0 Å². The molecule has 0 bridgehead atoms. The molecule has 0 spiro atoms. The third kappa shape index (κ3) is 3.32. The molecule has 0 aliphatic carbocycles. The van der Waals surface area contributed by atoms with Crippen LogP contribution in [0.1, 0.15) is 41.8 Å². The summed E-state index contributed by atoms with van der Waals surface area (Å²) in [6.07, 6.45) is -0.105. The number of amides is 1. The predicted octanol–water partition coefficient (Wildman–Crippen LogP) is 4.15. The number of alkyl halides is 3. The van der Waals surface area contributed by atoms with E-state index in [-0.39, 0.29) is 17.7 Å². The zero-order valence-electron chi connectivity index (χ0n) is 14.4. The first-order valence-corrected chi connectivity index (χ1v) is 9.06. The van der Waals surface area contributed by atoms with Gasteiger partial charge >= 0.3 is 6.18 Å². The fourth-order valence-corrected chi connectivity index (χ4v) is 4.02. The molecular weight excluding hydrogens is 345 g/mol. The molecule has 7 heteroatoms. The summed E-state index contributed by atoms with van der Waals surface area (Å²) in [6.45, 7) is 3.68. The number of rotatable bonds is 3. The smallest absolute Gasteiger partial charge is 0.416 e. The molecule has 1 aromatic heterocycles. The van der Waals surface area contributed by atoms with Crippen molar-refractivity contribution in [3.05, 3.63) is 35.6 Å². The van der Waals surface area contributed by atoms with Gasteiger partial charge in [0.25, 0.3) is 5.91 Å². The van der Waals surface area contributed by atoms with E-state index in [0.717, 1.165) is 44.6 Å². The third-order valence-electron chi connectivity index (χ3n) is 5.36. The van der Waals surface area contributed by atoms with Gasteiger partial charge in [0.1, 0.15) is 5.58 Å². The second kappa shape index (κ2) is 6.61. The van der Waals surface area contributed by atoms with Crippen LogP contribution in [0.2, 0.25) is 0 Å². The predicted molar refractivity (Wildman–Crippen MR) is 90.9 cm³/mol. The highest BCUT2D eigenvalue weighted by Gasteiger charge is 2.34. The van der Waals surface area contributed by atoms with Crippen molar-refractivity contribution >= 4 is 16.9 Å². The van der Waals surface area contributed by atoms with E-state index in [1.807, 2.05) is 4.90 Å². The van der Waals surface area contributed by atoms with E-state index in [1.165, 1.54) is 25.0 Å². The summed E-state index contributed by atoms with van der Waals surface area (Å²) in [5.41, 5.74) is -0.436. The monoisotopic (exact) mass is 366 g/mol. The zero-order chi connectivity index (χ0) is 18.3. The summed E-state index contributed by atoms with van der Waals surface area (Å²) in [4.78, 5) is 17.1. The van der Waals surface area contributed by atoms with E-state index < -0.39 is 11.7 Å². The SMILES string of the molecule is O=C(c1cc2cc(C(F)(F)F)ccc2o1)N1CCCC1CN1CCCC1. The second-order valence-corrected chi connectivity index (χ2v) is 7.16. The van der Waals surface area contributed by atoms with Gasteiger partial charge in [0.15, 0.2) is 5.76 Å². The second-order valence-electron chi connectivity index (χ2n) is 7.16. The van der Waals surface area contributed by atoms with Crippen molar-refractivity contribution < 1.29 is 22.4 Å². The molecule has 1 atom stereocenters. The van der Waals surface area contributed by atoms with Gasteiger partial charge < -0.3 is 14.2 Å². The summed E-state index contributed by atoms with van der Waals surface area (Å²) in [5.74, 6) is -0.107. The molecule has 0 N–H and O–H groups in total. The first-order chi connectivity index (χ1) is 12.4. The molecule has 3 heterocycles. The van der Waals surface area contributed by atoms with E-state index in [2.05, 4.69) is 4.90 Å². The average molecular weight is 366 g/mol. The van der Waals surface area contributed by atoms with Gasteiger partial charge in [-0.25, -0.2) is 0 Å². The normalized spacial score (nSPS) is 21.8. The average Bonchev–Trinajstić information content (AvgIpc) is 3.33. The van der Waals surface area contributed by atoms with Crippen molar-refractivity contribution in [2.45, 2.75) is 37.9 Å². The molecule has 2 saturated heterocycles.